The van der Waals surface area contributed by atoms with Crippen LogP contribution in [0.5, 0.6) is 0 Å². The average molecular weight is 344 g/mol. The van der Waals surface area contributed by atoms with E-state index in [-0.39, 0.29) is 5.91 Å². The van der Waals surface area contributed by atoms with Gasteiger partial charge in [-0.25, -0.2) is 15.0 Å². The Hall–Kier alpha value is -2.26. The first kappa shape index (κ1) is 16.2. The van der Waals surface area contributed by atoms with Crippen molar-refractivity contribution in [2.24, 2.45) is 0 Å². The second-order valence-corrected chi connectivity index (χ2v) is 6.72. The Kier molecular flexibility index (Phi) is 4.50. The normalized spacial score (nSPS) is 21.8. The number of hydrogen-bond donors (Lipinski definition) is 2. The zero-order valence-electron chi connectivity index (χ0n) is 14.5. The van der Waals surface area contributed by atoms with Crippen LogP contribution in [0.3, 0.4) is 0 Å². The highest BCUT2D eigenvalue weighted by molar-refractivity contribution is 5.87. The van der Waals surface area contributed by atoms with Crippen LogP contribution in [0.4, 0.5) is 5.82 Å². The topological polar surface area (TPSA) is 93.3 Å². The Bertz CT molecular complexity index is 741. The van der Waals surface area contributed by atoms with Gasteiger partial charge in [0.25, 0.3) is 0 Å². The fraction of sp³-hybridized carbons (Fsp3) is 0.625. The molecule has 25 heavy (non-hydrogen) atoms. The third-order valence-electron chi connectivity index (χ3n) is 5.12. The van der Waals surface area contributed by atoms with Gasteiger partial charge in [0.15, 0.2) is 11.5 Å². The number of rotatable bonds is 4. The van der Waals surface area contributed by atoms with Crippen molar-refractivity contribution in [1.82, 2.24) is 35.1 Å². The maximum atomic E-state index is 12.7. The summed E-state index contributed by atoms with van der Waals surface area (Å²) < 4.78 is 0. The number of imidazole rings is 1. The zero-order chi connectivity index (χ0) is 17.2. The van der Waals surface area contributed by atoms with E-state index in [4.69, 9.17) is 0 Å². The van der Waals surface area contributed by atoms with Crippen LogP contribution in [-0.2, 0) is 4.79 Å². The summed E-state index contributed by atoms with van der Waals surface area (Å²) in [6.45, 7) is 6.21. The summed E-state index contributed by atoms with van der Waals surface area (Å²) in [4.78, 5) is 34.7. The van der Waals surface area contributed by atoms with Crippen LogP contribution in [0, 0.1) is 0 Å². The number of nitrogens with one attached hydrogen (secondary N) is 2. The van der Waals surface area contributed by atoms with Gasteiger partial charge in [-0.1, -0.05) is 0 Å². The minimum atomic E-state index is 0.145. The molecule has 2 N–H and O–H groups in total. The Labute approximate surface area is 146 Å². The van der Waals surface area contributed by atoms with Crippen molar-refractivity contribution in [2.75, 3.05) is 57.8 Å². The molecule has 2 saturated heterocycles. The number of anilines is 1. The number of nitrogens with zero attached hydrogens (tertiary/aromatic N) is 6. The van der Waals surface area contributed by atoms with Gasteiger partial charge >= 0.3 is 0 Å². The molecule has 1 amide bonds. The summed E-state index contributed by atoms with van der Waals surface area (Å²) in [5.74, 6) is 0.847. The molecule has 9 heteroatoms. The van der Waals surface area contributed by atoms with E-state index < -0.39 is 0 Å². The Balaban J connectivity index is 1.38. The van der Waals surface area contributed by atoms with Gasteiger partial charge in [0.1, 0.15) is 11.8 Å². The molecule has 4 heterocycles. The SMILES string of the molecule is CN(CC(=O)N1CCC(N2CCNCC2)C1)c1ncnc2nc[nH]c12. The number of hydrogen-bond acceptors (Lipinski definition) is 7. The summed E-state index contributed by atoms with van der Waals surface area (Å²) in [6, 6.07) is 0.495. The largest absolute Gasteiger partial charge is 0.348 e. The molecule has 0 aromatic carbocycles. The van der Waals surface area contributed by atoms with Gasteiger partial charge in [-0.05, 0) is 6.42 Å². The predicted octanol–water partition coefficient (Wildman–Crippen LogP) is -0.705. The molecular formula is C16H24N8O. The number of likely N-dealkylation sites (tertiary alicyclic amines) is 1. The van der Waals surface area contributed by atoms with Gasteiger partial charge in [-0.2, -0.15) is 0 Å². The fourth-order valence-electron chi connectivity index (χ4n) is 3.73. The number of aromatic nitrogens is 4. The molecule has 1 unspecified atom stereocenters. The zero-order valence-corrected chi connectivity index (χ0v) is 14.5. The Morgan fingerprint density at radius 3 is 2.96 bits per heavy atom. The summed E-state index contributed by atoms with van der Waals surface area (Å²) >= 11 is 0. The molecule has 2 aromatic rings. The van der Waals surface area contributed by atoms with E-state index in [1.165, 1.54) is 6.33 Å². The second kappa shape index (κ2) is 6.93. The number of aromatic amines is 1. The fourth-order valence-corrected chi connectivity index (χ4v) is 3.73. The van der Waals surface area contributed by atoms with E-state index in [2.05, 4.69) is 30.2 Å². The molecule has 9 nitrogen and oxygen atoms in total. The van der Waals surface area contributed by atoms with Gasteiger partial charge in [0.05, 0.1) is 12.9 Å². The van der Waals surface area contributed by atoms with Crippen LogP contribution >= 0.6 is 0 Å². The molecule has 0 spiro atoms. The first-order valence-corrected chi connectivity index (χ1v) is 8.80. The molecular weight excluding hydrogens is 320 g/mol. The first-order chi connectivity index (χ1) is 12.2. The molecule has 2 aromatic heterocycles. The summed E-state index contributed by atoms with van der Waals surface area (Å²) in [6.07, 6.45) is 4.14. The van der Waals surface area contributed by atoms with Crippen LogP contribution in [0.25, 0.3) is 11.2 Å². The summed E-state index contributed by atoms with van der Waals surface area (Å²) in [7, 11) is 1.88. The van der Waals surface area contributed by atoms with Crippen LogP contribution in [0.2, 0.25) is 0 Å². The number of carbonyl (C=O) groups is 1. The number of piperazine rings is 1. The smallest absolute Gasteiger partial charge is 0.242 e. The molecule has 134 valence electrons. The van der Waals surface area contributed by atoms with E-state index in [0.29, 0.717) is 24.1 Å². The number of H-pyrrole nitrogens is 1. The minimum Gasteiger partial charge on any atom is -0.348 e. The molecule has 0 radical (unpaired) electrons. The standard InChI is InChI=1S/C16H24N8O/c1-22(16-14-15(19-10-18-14)20-11-21-16)9-13(25)24-5-2-12(8-24)23-6-3-17-4-7-23/h10-12,17H,2-9H2,1H3,(H,18,19,20,21). The van der Waals surface area contributed by atoms with Gasteiger partial charge in [0.2, 0.25) is 5.91 Å². The van der Waals surface area contributed by atoms with Crippen LogP contribution in [0.1, 0.15) is 6.42 Å². The monoisotopic (exact) mass is 344 g/mol. The average Bonchev–Trinajstić information content (AvgIpc) is 3.31. The van der Waals surface area contributed by atoms with Gasteiger partial charge < -0.3 is 20.1 Å². The van der Waals surface area contributed by atoms with Gasteiger partial charge in [-0.3, -0.25) is 9.69 Å². The predicted molar refractivity (Wildman–Crippen MR) is 94.4 cm³/mol. The lowest BCUT2D eigenvalue weighted by Gasteiger charge is -2.32. The Morgan fingerprint density at radius 2 is 2.12 bits per heavy atom. The van der Waals surface area contributed by atoms with E-state index in [1.54, 1.807) is 6.33 Å². The number of carbonyl (C=O) groups excluding carboxylic acids is 1. The number of amides is 1. The molecule has 1 atom stereocenters. The van der Waals surface area contributed by atoms with Crippen molar-refractivity contribution >= 4 is 22.9 Å². The lowest BCUT2D eigenvalue weighted by Crippen LogP contribution is -2.49. The highest BCUT2D eigenvalue weighted by Gasteiger charge is 2.31. The van der Waals surface area contributed by atoms with Crippen molar-refractivity contribution in [1.29, 1.82) is 0 Å². The van der Waals surface area contributed by atoms with Crippen LogP contribution < -0.4 is 10.2 Å². The lowest BCUT2D eigenvalue weighted by molar-refractivity contribution is -0.128. The molecule has 2 aliphatic rings. The minimum absolute atomic E-state index is 0.145. The lowest BCUT2D eigenvalue weighted by atomic mass is 10.2. The molecule has 2 aliphatic heterocycles. The first-order valence-electron chi connectivity index (χ1n) is 8.80. The molecule has 0 saturated carbocycles. The Morgan fingerprint density at radius 1 is 1.28 bits per heavy atom. The molecule has 0 aliphatic carbocycles. The van der Waals surface area contributed by atoms with Gasteiger partial charge in [0, 0.05) is 52.4 Å². The van der Waals surface area contributed by atoms with Crippen molar-refractivity contribution in [3.8, 4) is 0 Å². The van der Waals surface area contributed by atoms with E-state index in [1.807, 2.05) is 16.8 Å². The summed E-state index contributed by atoms with van der Waals surface area (Å²) in [5.41, 5.74) is 1.38. The highest BCUT2D eigenvalue weighted by Crippen LogP contribution is 2.20. The van der Waals surface area contributed by atoms with E-state index in [0.717, 1.165) is 51.2 Å². The van der Waals surface area contributed by atoms with Crippen molar-refractivity contribution in [2.45, 2.75) is 12.5 Å². The maximum absolute atomic E-state index is 12.7. The number of likely N-dealkylation sites (N-methyl/N-ethyl adjacent to an activating group) is 1. The van der Waals surface area contributed by atoms with Crippen LogP contribution in [0.15, 0.2) is 12.7 Å². The summed E-state index contributed by atoms with van der Waals surface area (Å²) in [5, 5.41) is 3.38. The maximum Gasteiger partial charge on any atom is 0.242 e. The van der Waals surface area contributed by atoms with Crippen molar-refractivity contribution in [3.05, 3.63) is 12.7 Å². The van der Waals surface area contributed by atoms with Gasteiger partial charge in [-0.15, -0.1) is 0 Å². The quantitative estimate of drug-likeness (QED) is 0.757. The third-order valence-corrected chi connectivity index (χ3v) is 5.12. The van der Waals surface area contributed by atoms with Crippen molar-refractivity contribution < 1.29 is 4.79 Å². The highest BCUT2D eigenvalue weighted by atomic mass is 16.2. The third kappa shape index (κ3) is 3.29. The van der Waals surface area contributed by atoms with E-state index >= 15 is 0 Å². The molecule has 4 rings (SSSR count). The number of fused-ring (bicyclic) bond motifs is 1. The second-order valence-electron chi connectivity index (χ2n) is 6.72. The van der Waals surface area contributed by atoms with Crippen LogP contribution in [-0.4, -0.2) is 94.5 Å². The molecule has 2 fully saturated rings. The molecule has 0 bridgehead atoms. The van der Waals surface area contributed by atoms with Crippen molar-refractivity contribution in [3.63, 3.8) is 0 Å². The van der Waals surface area contributed by atoms with E-state index in [9.17, 15) is 4.79 Å².